The molecule has 21 heavy (non-hydrogen) atoms. The van der Waals surface area contributed by atoms with Crippen molar-refractivity contribution in [2.45, 2.75) is 44.2 Å². The van der Waals surface area contributed by atoms with Gasteiger partial charge in [0.05, 0.1) is 12.6 Å². The summed E-state index contributed by atoms with van der Waals surface area (Å²) in [6, 6.07) is 4.69. The highest BCUT2D eigenvalue weighted by molar-refractivity contribution is 5.32. The maximum atomic E-state index is 14.3. The van der Waals surface area contributed by atoms with E-state index in [2.05, 4.69) is 11.8 Å². The van der Waals surface area contributed by atoms with Gasteiger partial charge in [-0.1, -0.05) is 19.8 Å². The second-order valence-corrected chi connectivity index (χ2v) is 6.49. The molecule has 3 nitrogen and oxygen atoms in total. The lowest BCUT2D eigenvalue weighted by Gasteiger charge is -2.48. The van der Waals surface area contributed by atoms with Crippen LogP contribution in [0.3, 0.4) is 0 Å². The van der Waals surface area contributed by atoms with Gasteiger partial charge in [-0.05, 0) is 45.0 Å². The molecule has 1 saturated carbocycles. The maximum absolute atomic E-state index is 14.3. The van der Waals surface area contributed by atoms with Crippen molar-refractivity contribution in [2.75, 3.05) is 21.2 Å². The molecule has 2 rings (SSSR count). The zero-order valence-corrected chi connectivity index (χ0v) is 13.4. The summed E-state index contributed by atoms with van der Waals surface area (Å²) in [5.74, 6) is 0.609. The summed E-state index contributed by atoms with van der Waals surface area (Å²) in [4.78, 5) is 2.07. The number of likely N-dealkylation sites (N-methyl/N-ethyl adjacent to an activating group) is 1. The molecule has 0 amide bonds. The van der Waals surface area contributed by atoms with Crippen LogP contribution in [0, 0.1) is 11.7 Å². The highest BCUT2D eigenvalue weighted by atomic mass is 19.1. The van der Waals surface area contributed by atoms with E-state index in [-0.39, 0.29) is 0 Å². The van der Waals surface area contributed by atoms with Gasteiger partial charge in [-0.15, -0.1) is 0 Å². The van der Waals surface area contributed by atoms with Crippen LogP contribution in [0.2, 0.25) is 0 Å². The van der Waals surface area contributed by atoms with Crippen LogP contribution in [0.15, 0.2) is 18.2 Å². The lowest BCUT2D eigenvalue weighted by atomic mass is 9.70. The Morgan fingerprint density at radius 1 is 1.43 bits per heavy atom. The first-order valence-electron chi connectivity index (χ1n) is 7.59. The van der Waals surface area contributed by atoms with Crippen molar-refractivity contribution in [3.8, 4) is 5.75 Å². The van der Waals surface area contributed by atoms with E-state index in [9.17, 15) is 9.50 Å². The summed E-state index contributed by atoms with van der Waals surface area (Å²) in [7, 11) is 5.46. The van der Waals surface area contributed by atoms with Crippen LogP contribution in [-0.4, -0.2) is 36.8 Å². The van der Waals surface area contributed by atoms with Gasteiger partial charge in [-0.2, -0.15) is 0 Å². The lowest BCUT2D eigenvalue weighted by molar-refractivity contribution is -0.0466. The minimum atomic E-state index is -0.832. The molecule has 0 spiro atoms. The van der Waals surface area contributed by atoms with Gasteiger partial charge in [0, 0.05) is 11.6 Å². The van der Waals surface area contributed by atoms with E-state index in [0.717, 1.165) is 19.3 Å². The van der Waals surface area contributed by atoms with Crippen molar-refractivity contribution in [3.63, 3.8) is 0 Å². The van der Waals surface area contributed by atoms with Gasteiger partial charge in [-0.3, -0.25) is 0 Å². The average molecular weight is 295 g/mol. The van der Waals surface area contributed by atoms with Crippen LogP contribution < -0.4 is 4.74 Å². The fourth-order valence-corrected chi connectivity index (χ4v) is 3.61. The highest BCUT2D eigenvalue weighted by Crippen LogP contribution is 2.44. The first-order valence-corrected chi connectivity index (χ1v) is 7.59. The molecule has 1 aromatic rings. The van der Waals surface area contributed by atoms with Crippen LogP contribution in [0.1, 0.15) is 44.3 Å². The Morgan fingerprint density at radius 2 is 2.14 bits per heavy atom. The second kappa shape index (κ2) is 6.32. The third kappa shape index (κ3) is 3.06. The second-order valence-electron chi connectivity index (χ2n) is 6.49. The quantitative estimate of drug-likeness (QED) is 0.924. The van der Waals surface area contributed by atoms with Gasteiger partial charge in [-0.25, -0.2) is 4.39 Å². The third-order valence-electron chi connectivity index (χ3n) is 4.91. The third-order valence-corrected chi connectivity index (χ3v) is 4.91. The SMILES string of the molecule is COc1ccc(C(O)C2(N(C)C)CCCC(C)C2)c(F)c1. The number of hydrogen-bond acceptors (Lipinski definition) is 3. The number of hydrogen-bond donors (Lipinski definition) is 1. The van der Waals surface area contributed by atoms with E-state index in [0.29, 0.717) is 17.2 Å². The summed E-state index contributed by atoms with van der Waals surface area (Å²) < 4.78 is 19.3. The first kappa shape index (κ1) is 16.2. The molecule has 0 aromatic heterocycles. The molecule has 1 aliphatic carbocycles. The van der Waals surface area contributed by atoms with Crippen molar-refractivity contribution in [1.29, 1.82) is 0 Å². The van der Waals surface area contributed by atoms with E-state index in [1.54, 1.807) is 12.1 Å². The minimum absolute atomic E-state index is 0.360. The molecule has 3 unspecified atom stereocenters. The highest BCUT2D eigenvalue weighted by Gasteiger charge is 2.44. The van der Waals surface area contributed by atoms with Gasteiger partial charge < -0.3 is 14.7 Å². The van der Waals surface area contributed by atoms with Crippen molar-refractivity contribution >= 4 is 0 Å². The summed E-state index contributed by atoms with van der Waals surface area (Å²) in [6.07, 6.45) is 3.17. The Labute approximate surface area is 126 Å². The minimum Gasteiger partial charge on any atom is -0.497 e. The number of rotatable bonds is 4. The monoisotopic (exact) mass is 295 g/mol. The molecular weight excluding hydrogens is 269 g/mol. The summed E-state index contributed by atoms with van der Waals surface area (Å²) in [5, 5.41) is 10.9. The number of ether oxygens (including phenoxy) is 1. The summed E-state index contributed by atoms with van der Waals surface area (Å²) >= 11 is 0. The van der Waals surface area contributed by atoms with Gasteiger partial charge in [0.15, 0.2) is 0 Å². The zero-order chi connectivity index (χ0) is 15.6. The van der Waals surface area contributed by atoms with Crippen LogP contribution in [0.25, 0.3) is 0 Å². The van der Waals surface area contributed by atoms with Crippen molar-refractivity contribution in [1.82, 2.24) is 4.90 Å². The molecule has 0 aliphatic heterocycles. The smallest absolute Gasteiger partial charge is 0.132 e. The first-order chi connectivity index (χ1) is 9.90. The van der Waals surface area contributed by atoms with Crippen LogP contribution in [0.4, 0.5) is 4.39 Å². The summed E-state index contributed by atoms with van der Waals surface area (Å²) in [5.41, 5.74) is -0.0359. The average Bonchev–Trinajstić information content (AvgIpc) is 2.46. The Hall–Kier alpha value is -1.13. The molecule has 1 N–H and O–H groups in total. The molecule has 4 heteroatoms. The summed E-state index contributed by atoms with van der Waals surface area (Å²) in [6.45, 7) is 2.20. The number of nitrogens with zero attached hydrogens (tertiary/aromatic N) is 1. The fraction of sp³-hybridized carbons (Fsp3) is 0.647. The van der Waals surface area contributed by atoms with E-state index >= 15 is 0 Å². The molecule has 118 valence electrons. The van der Waals surface area contributed by atoms with E-state index in [4.69, 9.17) is 4.74 Å². The van der Waals surface area contributed by atoms with Crippen molar-refractivity contribution < 1.29 is 14.2 Å². The fourth-order valence-electron chi connectivity index (χ4n) is 3.61. The molecule has 3 atom stereocenters. The van der Waals surface area contributed by atoms with E-state index < -0.39 is 17.5 Å². The Kier molecular flexibility index (Phi) is 4.89. The lowest BCUT2D eigenvalue weighted by Crippen LogP contribution is -2.52. The Morgan fingerprint density at radius 3 is 2.67 bits per heavy atom. The molecule has 0 bridgehead atoms. The standard InChI is InChI=1S/C17H26FNO2/c1-12-6-5-9-17(11-12,19(2)3)16(20)14-8-7-13(21-4)10-15(14)18/h7-8,10,12,16,20H,5-6,9,11H2,1-4H3. The molecule has 1 aromatic carbocycles. The van der Waals surface area contributed by atoms with Crippen LogP contribution in [0.5, 0.6) is 5.75 Å². The van der Waals surface area contributed by atoms with E-state index in [1.807, 2.05) is 14.1 Å². The topological polar surface area (TPSA) is 32.7 Å². The molecule has 1 fully saturated rings. The molecular formula is C17H26FNO2. The maximum Gasteiger partial charge on any atom is 0.132 e. The molecule has 1 aliphatic rings. The molecule has 0 heterocycles. The van der Waals surface area contributed by atoms with Gasteiger partial charge >= 0.3 is 0 Å². The van der Waals surface area contributed by atoms with Gasteiger partial charge in [0.1, 0.15) is 17.7 Å². The van der Waals surface area contributed by atoms with Crippen molar-refractivity contribution in [3.05, 3.63) is 29.6 Å². The Bertz CT molecular complexity index is 492. The predicted octanol–water partition coefficient (Wildman–Crippen LogP) is 3.38. The number of halogens is 1. The van der Waals surface area contributed by atoms with Crippen LogP contribution >= 0.6 is 0 Å². The Balaban J connectivity index is 2.37. The zero-order valence-electron chi connectivity index (χ0n) is 13.4. The predicted molar refractivity (Wildman–Crippen MR) is 82.0 cm³/mol. The van der Waals surface area contributed by atoms with Gasteiger partial charge in [0.25, 0.3) is 0 Å². The van der Waals surface area contributed by atoms with Gasteiger partial charge in [0.2, 0.25) is 0 Å². The normalized spacial score (nSPS) is 27.7. The van der Waals surface area contributed by atoms with Crippen LogP contribution in [-0.2, 0) is 0 Å². The molecule has 0 saturated heterocycles. The number of aliphatic hydroxyl groups excluding tert-OH is 1. The van der Waals surface area contributed by atoms with E-state index in [1.165, 1.54) is 19.6 Å². The number of methoxy groups -OCH3 is 1. The van der Waals surface area contributed by atoms with Crippen molar-refractivity contribution in [2.24, 2.45) is 5.92 Å². The largest absolute Gasteiger partial charge is 0.497 e. The molecule has 0 radical (unpaired) electrons. The number of benzene rings is 1. The number of aliphatic hydroxyl groups is 1.